The first kappa shape index (κ1) is 25.1. The maximum absolute atomic E-state index is 12.3. The summed E-state index contributed by atoms with van der Waals surface area (Å²) in [4.78, 5) is 8.63. The summed E-state index contributed by atoms with van der Waals surface area (Å²) < 4.78 is 34.3. The molecule has 1 N–H and O–H groups in total. The Morgan fingerprint density at radius 3 is 2.29 bits per heavy atom. The first-order valence-corrected chi connectivity index (χ1v) is 9.92. The zero-order chi connectivity index (χ0) is 21.3. The Hall–Kier alpha value is -2.14. The average Bonchev–Trinajstić information content (AvgIpc) is 2.76. The standard InChI is InChI=1S/C22H28F2N4O2.HI/c1-25-22(27(2)16-18-5-9-20(10-6-18)30-21(23)24)26-15-17-3-7-19(8-4-17)28-11-13-29-14-12-28;/h3-10,21H,11-16H2,1-2H3,(H,25,26);1H. The smallest absolute Gasteiger partial charge is 0.387 e. The number of hydrogen-bond donors (Lipinski definition) is 1. The predicted octanol–water partition coefficient (Wildman–Crippen LogP) is 3.95. The van der Waals surface area contributed by atoms with Gasteiger partial charge in [0.1, 0.15) is 5.75 Å². The lowest BCUT2D eigenvalue weighted by Crippen LogP contribution is -2.38. The third-order valence-electron chi connectivity index (χ3n) is 4.90. The van der Waals surface area contributed by atoms with Gasteiger partial charge < -0.3 is 24.6 Å². The minimum Gasteiger partial charge on any atom is -0.435 e. The summed E-state index contributed by atoms with van der Waals surface area (Å²) in [5, 5.41) is 3.36. The molecule has 0 radical (unpaired) electrons. The second kappa shape index (κ2) is 12.7. The van der Waals surface area contributed by atoms with Crippen molar-refractivity contribution in [3.05, 3.63) is 59.7 Å². The summed E-state index contributed by atoms with van der Waals surface area (Å²) in [6.45, 7) is 1.81. The Bertz CT molecular complexity index is 813. The number of anilines is 1. The number of nitrogens with zero attached hydrogens (tertiary/aromatic N) is 3. The molecule has 1 aliphatic rings. The molecule has 1 heterocycles. The van der Waals surface area contributed by atoms with Crippen molar-refractivity contribution in [2.24, 2.45) is 4.99 Å². The summed E-state index contributed by atoms with van der Waals surface area (Å²) >= 11 is 0. The molecule has 3 rings (SSSR count). The van der Waals surface area contributed by atoms with Gasteiger partial charge in [0.2, 0.25) is 0 Å². The van der Waals surface area contributed by atoms with Crippen molar-refractivity contribution in [3.8, 4) is 5.75 Å². The molecule has 170 valence electrons. The Morgan fingerprint density at radius 1 is 1.10 bits per heavy atom. The van der Waals surface area contributed by atoms with Gasteiger partial charge in [0, 0.05) is 46.0 Å². The highest BCUT2D eigenvalue weighted by atomic mass is 127. The number of aliphatic imine (C=N–C) groups is 1. The van der Waals surface area contributed by atoms with Crippen LogP contribution in [0, 0.1) is 0 Å². The highest BCUT2D eigenvalue weighted by Crippen LogP contribution is 2.17. The highest BCUT2D eigenvalue weighted by molar-refractivity contribution is 14.0. The number of alkyl halides is 2. The number of benzene rings is 2. The van der Waals surface area contributed by atoms with Crippen LogP contribution in [0.5, 0.6) is 5.75 Å². The molecule has 6 nitrogen and oxygen atoms in total. The van der Waals surface area contributed by atoms with Crippen LogP contribution < -0.4 is 15.0 Å². The quantitative estimate of drug-likeness (QED) is 0.324. The molecule has 1 aliphatic heterocycles. The second-order valence-electron chi connectivity index (χ2n) is 7.05. The first-order chi connectivity index (χ1) is 14.5. The monoisotopic (exact) mass is 546 g/mol. The molecule has 0 aliphatic carbocycles. The van der Waals surface area contributed by atoms with Crippen LogP contribution in [0.25, 0.3) is 0 Å². The van der Waals surface area contributed by atoms with E-state index in [1.807, 2.05) is 11.9 Å². The van der Waals surface area contributed by atoms with Crippen LogP contribution in [0.1, 0.15) is 11.1 Å². The van der Waals surface area contributed by atoms with Crippen molar-refractivity contribution in [3.63, 3.8) is 0 Å². The van der Waals surface area contributed by atoms with Gasteiger partial charge in [-0.05, 0) is 35.4 Å². The van der Waals surface area contributed by atoms with Crippen LogP contribution in [-0.4, -0.2) is 57.9 Å². The van der Waals surface area contributed by atoms with E-state index < -0.39 is 6.61 Å². The fourth-order valence-corrected chi connectivity index (χ4v) is 3.34. The lowest BCUT2D eigenvalue weighted by atomic mass is 10.2. The predicted molar refractivity (Wildman–Crippen MR) is 130 cm³/mol. The van der Waals surface area contributed by atoms with Crippen molar-refractivity contribution in [1.29, 1.82) is 0 Å². The maximum atomic E-state index is 12.3. The third-order valence-corrected chi connectivity index (χ3v) is 4.90. The fourth-order valence-electron chi connectivity index (χ4n) is 3.34. The zero-order valence-electron chi connectivity index (χ0n) is 17.8. The molecule has 0 amide bonds. The van der Waals surface area contributed by atoms with E-state index in [-0.39, 0.29) is 29.7 Å². The lowest BCUT2D eigenvalue weighted by molar-refractivity contribution is -0.0498. The molecule has 0 spiro atoms. The summed E-state index contributed by atoms with van der Waals surface area (Å²) in [7, 11) is 3.67. The number of ether oxygens (including phenoxy) is 2. The fraction of sp³-hybridized carbons (Fsp3) is 0.409. The molecule has 2 aromatic rings. The van der Waals surface area contributed by atoms with E-state index in [1.165, 1.54) is 5.69 Å². The molecule has 2 aromatic carbocycles. The Kier molecular flexibility index (Phi) is 10.3. The highest BCUT2D eigenvalue weighted by Gasteiger charge is 2.11. The molecule has 31 heavy (non-hydrogen) atoms. The van der Waals surface area contributed by atoms with Crippen LogP contribution in [0.15, 0.2) is 53.5 Å². The van der Waals surface area contributed by atoms with Crippen LogP contribution in [-0.2, 0) is 17.8 Å². The van der Waals surface area contributed by atoms with Crippen molar-refractivity contribution in [2.45, 2.75) is 19.7 Å². The van der Waals surface area contributed by atoms with Gasteiger partial charge >= 0.3 is 6.61 Å². The van der Waals surface area contributed by atoms with E-state index in [9.17, 15) is 8.78 Å². The summed E-state index contributed by atoms with van der Waals surface area (Å²) in [5.74, 6) is 0.902. The van der Waals surface area contributed by atoms with Gasteiger partial charge in [-0.15, -0.1) is 24.0 Å². The number of nitrogens with one attached hydrogen (secondary N) is 1. The van der Waals surface area contributed by atoms with Gasteiger partial charge in [-0.3, -0.25) is 4.99 Å². The SMILES string of the molecule is CN=C(NCc1ccc(N2CCOCC2)cc1)N(C)Cc1ccc(OC(F)F)cc1.I. The molecule has 0 aromatic heterocycles. The zero-order valence-corrected chi connectivity index (χ0v) is 20.1. The van der Waals surface area contributed by atoms with Gasteiger partial charge in [0.25, 0.3) is 0 Å². The number of hydrogen-bond acceptors (Lipinski definition) is 4. The van der Waals surface area contributed by atoms with Gasteiger partial charge in [-0.1, -0.05) is 24.3 Å². The molecule has 0 saturated carbocycles. The molecular weight excluding hydrogens is 517 g/mol. The van der Waals surface area contributed by atoms with Gasteiger partial charge in [0.15, 0.2) is 5.96 Å². The second-order valence-corrected chi connectivity index (χ2v) is 7.05. The van der Waals surface area contributed by atoms with E-state index in [2.05, 4.69) is 44.2 Å². The molecule has 0 atom stereocenters. The number of halogens is 3. The van der Waals surface area contributed by atoms with E-state index in [1.54, 1.807) is 31.3 Å². The third kappa shape index (κ3) is 7.80. The topological polar surface area (TPSA) is 49.3 Å². The van der Waals surface area contributed by atoms with Crippen LogP contribution >= 0.6 is 24.0 Å². The molecule has 0 unspecified atom stereocenters. The number of guanidine groups is 1. The molecule has 1 saturated heterocycles. The maximum Gasteiger partial charge on any atom is 0.387 e. The summed E-state index contributed by atoms with van der Waals surface area (Å²) in [6.07, 6.45) is 0. The minimum absolute atomic E-state index is 0. The molecule has 9 heteroatoms. The van der Waals surface area contributed by atoms with E-state index in [0.29, 0.717) is 13.1 Å². The van der Waals surface area contributed by atoms with E-state index in [0.717, 1.165) is 43.4 Å². The Balaban J connectivity index is 0.00000341. The van der Waals surface area contributed by atoms with Gasteiger partial charge in [-0.2, -0.15) is 8.78 Å². The molecule has 1 fully saturated rings. The summed E-state index contributed by atoms with van der Waals surface area (Å²) in [6, 6.07) is 15.1. The molecular formula is C22H29F2IN4O2. The normalized spacial score (nSPS) is 14.2. The largest absolute Gasteiger partial charge is 0.435 e. The van der Waals surface area contributed by atoms with Crippen LogP contribution in [0.2, 0.25) is 0 Å². The number of morpholine rings is 1. The van der Waals surface area contributed by atoms with Crippen LogP contribution in [0.3, 0.4) is 0 Å². The Labute approximate surface area is 199 Å². The van der Waals surface area contributed by atoms with E-state index >= 15 is 0 Å². The van der Waals surface area contributed by atoms with Crippen molar-refractivity contribution in [2.75, 3.05) is 45.3 Å². The summed E-state index contributed by atoms with van der Waals surface area (Å²) in [5.41, 5.74) is 3.34. The minimum atomic E-state index is -2.82. The van der Waals surface area contributed by atoms with Gasteiger partial charge in [0.05, 0.1) is 13.2 Å². The first-order valence-electron chi connectivity index (χ1n) is 9.92. The van der Waals surface area contributed by atoms with Crippen LogP contribution in [0.4, 0.5) is 14.5 Å². The number of rotatable bonds is 7. The van der Waals surface area contributed by atoms with Gasteiger partial charge in [-0.25, -0.2) is 0 Å². The van der Waals surface area contributed by atoms with Crippen molar-refractivity contribution < 1.29 is 18.3 Å². The van der Waals surface area contributed by atoms with Crippen molar-refractivity contribution in [1.82, 2.24) is 10.2 Å². The Morgan fingerprint density at radius 2 is 1.71 bits per heavy atom. The average molecular weight is 546 g/mol. The van der Waals surface area contributed by atoms with Crippen molar-refractivity contribution >= 4 is 35.6 Å². The lowest BCUT2D eigenvalue weighted by Gasteiger charge is -2.29. The van der Waals surface area contributed by atoms with E-state index in [4.69, 9.17) is 4.74 Å². The molecule has 0 bridgehead atoms.